The van der Waals surface area contributed by atoms with Gasteiger partial charge in [-0.05, 0) is 60.9 Å². The zero-order chi connectivity index (χ0) is 24.6. The Labute approximate surface area is 210 Å². The molecule has 2 amide bonds. The second kappa shape index (κ2) is 11.5. The molecule has 35 heavy (non-hydrogen) atoms. The van der Waals surface area contributed by atoms with Crippen molar-refractivity contribution in [1.29, 1.82) is 0 Å². The third-order valence-electron chi connectivity index (χ3n) is 5.58. The Morgan fingerprint density at radius 2 is 1.43 bits per heavy atom. The van der Waals surface area contributed by atoms with Crippen molar-refractivity contribution < 1.29 is 9.59 Å². The molecule has 4 nitrogen and oxygen atoms in total. The summed E-state index contributed by atoms with van der Waals surface area (Å²) in [6, 6.07) is 33.0. The zero-order valence-electron chi connectivity index (χ0n) is 19.8. The Kier molecular flexibility index (Phi) is 8.01. The average molecular weight is 481 g/mol. The van der Waals surface area contributed by atoms with Crippen molar-refractivity contribution in [1.82, 2.24) is 0 Å². The molecular weight excluding hydrogens is 452 g/mol. The van der Waals surface area contributed by atoms with Gasteiger partial charge < -0.3 is 10.6 Å². The lowest BCUT2D eigenvalue weighted by Gasteiger charge is -2.18. The topological polar surface area (TPSA) is 58.2 Å². The molecule has 0 spiro atoms. The fourth-order valence-corrected chi connectivity index (χ4v) is 4.82. The van der Waals surface area contributed by atoms with E-state index in [9.17, 15) is 9.59 Å². The number of rotatable bonds is 8. The van der Waals surface area contributed by atoms with Gasteiger partial charge in [-0.3, -0.25) is 9.59 Å². The maximum absolute atomic E-state index is 13.4. The molecule has 4 aromatic rings. The monoisotopic (exact) mass is 480 g/mol. The van der Waals surface area contributed by atoms with Gasteiger partial charge in [0, 0.05) is 16.3 Å². The molecule has 2 N–H and O–H groups in total. The van der Waals surface area contributed by atoms with Gasteiger partial charge in [-0.15, -0.1) is 11.8 Å². The summed E-state index contributed by atoms with van der Waals surface area (Å²) in [5.74, 6) is -0.139. The molecule has 1 atom stereocenters. The lowest BCUT2D eigenvalue weighted by molar-refractivity contribution is -0.116. The predicted octanol–water partition coefficient (Wildman–Crippen LogP) is 6.96. The molecule has 0 aromatic heterocycles. The van der Waals surface area contributed by atoms with Gasteiger partial charge in [-0.1, -0.05) is 78.4 Å². The molecule has 176 valence electrons. The number of carbonyl (C=O) groups is 2. The first-order chi connectivity index (χ1) is 17.0. The van der Waals surface area contributed by atoms with Crippen molar-refractivity contribution in [2.45, 2.75) is 30.4 Å². The molecule has 5 heteroatoms. The molecule has 0 bridgehead atoms. The summed E-state index contributed by atoms with van der Waals surface area (Å²) in [6.07, 6.45) is 0.325. The van der Waals surface area contributed by atoms with Crippen molar-refractivity contribution >= 4 is 35.0 Å². The maximum atomic E-state index is 13.4. The van der Waals surface area contributed by atoms with Gasteiger partial charge in [0.1, 0.15) is 5.25 Å². The summed E-state index contributed by atoms with van der Waals surface area (Å²) in [6.45, 7) is 4.03. The van der Waals surface area contributed by atoms with Crippen LogP contribution in [0.5, 0.6) is 0 Å². The Morgan fingerprint density at radius 3 is 2.09 bits per heavy atom. The third kappa shape index (κ3) is 6.84. The summed E-state index contributed by atoms with van der Waals surface area (Å²) < 4.78 is 0. The molecule has 0 aliphatic rings. The summed E-state index contributed by atoms with van der Waals surface area (Å²) in [7, 11) is 0. The number of thioether (sulfide) groups is 1. The SMILES string of the molecule is Cc1ccc(NC(=O)C(Sc2ccc(NC(=O)Cc3ccccc3)cc2)c2ccccc2)c(C)c1. The van der Waals surface area contributed by atoms with Crippen LogP contribution in [0.1, 0.15) is 27.5 Å². The summed E-state index contributed by atoms with van der Waals surface area (Å²) in [5, 5.41) is 5.62. The van der Waals surface area contributed by atoms with Crippen molar-refractivity contribution in [3.63, 3.8) is 0 Å². The first kappa shape index (κ1) is 24.3. The summed E-state index contributed by atoms with van der Waals surface area (Å²) in [4.78, 5) is 26.7. The first-order valence-electron chi connectivity index (χ1n) is 11.5. The van der Waals surface area contributed by atoms with Crippen LogP contribution in [0.25, 0.3) is 0 Å². The van der Waals surface area contributed by atoms with E-state index in [2.05, 4.69) is 16.7 Å². The fraction of sp³-hybridized carbons (Fsp3) is 0.133. The van der Waals surface area contributed by atoms with E-state index in [1.54, 1.807) is 0 Å². The molecule has 0 saturated carbocycles. The van der Waals surface area contributed by atoms with Crippen LogP contribution in [-0.2, 0) is 16.0 Å². The van der Waals surface area contributed by atoms with Crippen LogP contribution in [0, 0.1) is 13.8 Å². The van der Waals surface area contributed by atoms with Gasteiger partial charge in [0.05, 0.1) is 6.42 Å². The van der Waals surface area contributed by atoms with Crippen molar-refractivity contribution in [2.75, 3.05) is 10.6 Å². The normalized spacial score (nSPS) is 11.5. The van der Waals surface area contributed by atoms with Gasteiger partial charge in [0.25, 0.3) is 0 Å². The Morgan fingerprint density at radius 1 is 0.771 bits per heavy atom. The van der Waals surface area contributed by atoms with Crippen LogP contribution in [0.2, 0.25) is 0 Å². The number of nitrogens with one attached hydrogen (secondary N) is 2. The molecule has 0 aliphatic heterocycles. The van der Waals surface area contributed by atoms with E-state index >= 15 is 0 Å². The second-order valence-corrected chi connectivity index (χ2v) is 9.63. The van der Waals surface area contributed by atoms with Crippen molar-refractivity contribution in [2.24, 2.45) is 0 Å². The highest BCUT2D eigenvalue weighted by Gasteiger charge is 2.22. The van der Waals surface area contributed by atoms with E-state index < -0.39 is 5.25 Å². The van der Waals surface area contributed by atoms with E-state index in [0.29, 0.717) is 6.42 Å². The zero-order valence-corrected chi connectivity index (χ0v) is 20.6. The molecule has 0 heterocycles. The minimum absolute atomic E-state index is 0.0633. The van der Waals surface area contributed by atoms with Gasteiger partial charge >= 0.3 is 0 Å². The van der Waals surface area contributed by atoms with Crippen LogP contribution in [0.15, 0.2) is 108 Å². The van der Waals surface area contributed by atoms with Gasteiger partial charge in [0.2, 0.25) is 11.8 Å². The molecule has 1 unspecified atom stereocenters. The van der Waals surface area contributed by atoms with Crippen molar-refractivity contribution in [3.8, 4) is 0 Å². The minimum Gasteiger partial charge on any atom is -0.326 e. The van der Waals surface area contributed by atoms with Gasteiger partial charge in [-0.25, -0.2) is 0 Å². The maximum Gasteiger partial charge on any atom is 0.242 e. The van der Waals surface area contributed by atoms with E-state index in [0.717, 1.165) is 38.5 Å². The number of aryl methyl sites for hydroxylation is 2. The van der Waals surface area contributed by atoms with Crippen molar-refractivity contribution in [3.05, 3.63) is 125 Å². The largest absolute Gasteiger partial charge is 0.326 e. The minimum atomic E-state index is -0.421. The summed E-state index contributed by atoms with van der Waals surface area (Å²) in [5.41, 5.74) is 5.64. The van der Waals surface area contributed by atoms with E-state index in [1.807, 2.05) is 111 Å². The highest BCUT2D eigenvalue weighted by Crippen LogP contribution is 2.37. The summed E-state index contributed by atoms with van der Waals surface area (Å²) >= 11 is 1.48. The number of anilines is 2. The molecule has 0 saturated heterocycles. The number of hydrogen-bond donors (Lipinski definition) is 2. The Hall–Kier alpha value is -3.83. The van der Waals surface area contributed by atoms with E-state index in [-0.39, 0.29) is 11.8 Å². The smallest absolute Gasteiger partial charge is 0.242 e. The Bertz CT molecular complexity index is 1290. The standard InChI is InChI=1S/C30H28N2O2S/c1-21-13-18-27(22(2)19-21)32-30(34)29(24-11-7-4-8-12-24)35-26-16-14-25(15-17-26)31-28(33)20-23-9-5-3-6-10-23/h3-19,29H,20H2,1-2H3,(H,31,33)(H,32,34). The predicted molar refractivity (Wildman–Crippen MR) is 145 cm³/mol. The molecule has 0 radical (unpaired) electrons. The third-order valence-corrected chi connectivity index (χ3v) is 6.85. The lowest BCUT2D eigenvalue weighted by atomic mass is 10.1. The first-order valence-corrected chi connectivity index (χ1v) is 12.4. The number of amides is 2. The fourth-order valence-electron chi connectivity index (χ4n) is 3.79. The number of hydrogen-bond acceptors (Lipinski definition) is 3. The van der Waals surface area contributed by atoms with Crippen LogP contribution in [0.3, 0.4) is 0 Å². The van der Waals surface area contributed by atoms with E-state index in [4.69, 9.17) is 0 Å². The lowest BCUT2D eigenvalue weighted by Crippen LogP contribution is -2.19. The quantitative estimate of drug-likeness (QED) is 0.268. The van der Waals surface area contributed by atoms with E-state index in [1.165, 1.54) is 11.8 Å². The Balaban J connectivity index is 1.46. The number of benzene rings is 4. The molecule has 0 aliphatic carbocycles. The van der Waals surface area contributed by atoms with Gasteiger partial charge in [-0.2, -0.15) is 0 Å². The van der Waals surface area contributed by atoms with Gasteiger partial charge in [0.15, 0.2) is 0 Å². The molecule has 4 aromatic carbocycles. The molecular formula is C30H28N2O2S. The van der Waals surface area contributed by atoms with Crippen LogP contribution >= 0.6 is 11.8 Å². The second-order valence-electron chi connectivity index (χ2n) is 8.45. The molecule has 4 rings (SSSR count). The number of carbonyl (C=O) groups excluding carboxylic acids is 2. The highest BCUT2D eigenvalue weighted by molar-refractivity contribution is 8.00. The van der Waals surface area contributed by atoms with Crippen LogP contribution in [-0.4, -0.2) is 11.8 Å². The van der Waals surface area contributed by atoms with Crippen LogP contribution < -0.4 is 10.6 Å². The average Bonchev–Trinajstić information content (AvgIpc) is 2.86. The highest BCUT2D eigenvalue weighted by atomic mass is 32.2. The van der Waals surface area contributed by atoms with Crippen LogP contribution in [0.4, 0.5) is 11.4 Å². The molecule has 0 fully saturated rings.